The summed E-state index contributed by atoms with van der Waals surface area (Å²) in [7, 11) is 0. The van der Waals surface area contributed by atoms with Crippen LogP contribution in [0.25, 0.3) is 0 Å². The maximum atomic E-state index is 5.78. The Kier molecular flexibility index (Phi) is 3.97. The molecule has 0 radical (unpaired) electrons. The van der Waals surface area contributed by atoms with Gasteiger partial charge in [0.05, 0.1) is 0 Å². The van der Waals surface area contributed by atoms with Crippen LogP contribution in [0.3, 0.4) is 0 Å². The lowest BCUT2D eigenvalue weighted by molar-refractivity contribution is 0.237. The summed E-state index contributed by atoms with van der Waals surface area (Å²) in [6, 6.07) is 11.5. The van der Waals surface area contributed by atoms with Gasteiger partial charge in [-0.15, -0.1) is 0 Å². The Labute approximate surface area is 98.4 Å². The normalized spacial score (nSPS) is 26.1. The molecule has 0 aromatic heterocycles. The van der Waals surface area contributed by atoms with Crippen molar-refractivity contribution in [2.75, 3.05) is 13.1 Å². The van der Waals surface area contributed by atoms with E-state index in [0.29, 0.717) is 5.92 Å². The molecule has 1 fully saturated rings. The van der Waals surface area contributed by atoms with Crippen LogP contribution in [-0.4, -0.2) is 24.0 Å². The molecule has 1 aromatic rings. The first-order chi connectivity index (χ1) is 7.83. The summed E-state index contributed by atoms with van der Waals surface area (Å²) in [6.45, 7) is 5.36. The van der Waals surface area contributed by atoms with Crippen LogP contribution in [0.1, 0.15) is 25.3 Å². The van der Waals surface area contributed by atoms with E-state index < -0.39 is 0 Å². The average molecular weight is 218 g/mol. The van der Waals surface area contributed by atoms with Crippen LogP contribution >= 0.6 is 0 Å². The van der Waals surface area contributed by atoms with E-state index in [1.807, 2.05) is 0 Å². The molecular weight excluding hydrogens is 196 g/mol. The molecular formula is C14H22N2. The summed E-state index contributed by atoms with van der Waals surface area (Å²) in [5, 5.41) is 0. The monoisotopic (exact) mass is 218 g/mol. The minimum Gasteiger partial charge on any atom is -0.330 e. The van der Waals surface area contributed by atoms with Crippen molar-refractivity contribution in [1.82, 2.24) is 4.90 Å². The molecule has 1 saturated heterocycles. The number of nitrogens with zero attached hydrogens (tertiary/aromatic N) is 1. The highest BCUT2D eigenvalue weighted by atomic mass is 15.2. The molecule has 1 aliphatic heterocycles. The molecule has 2 atom stereocenters. The lowest BCUT2D eigenvalue weighted by Gasteiger charge is -2.23. The third kappa shape index (κ3) is 2.63. The molecule has 2 heteroatoms. The number of hydrogen-bond acceptors (Lipinski definition) is 2. The second kappa shape index (κ2) is 5.46. The highest BCUT2D eigenvalue weighted by Crippen LogP contribution is 2.26. The molecule has 1 heterocycles. The van der Waals surface area contributed by atoms with Gasteiger partial charge < -0.3 is 5.73 Å². The van der Waals surface area contributed by atoms with Crippen molar-refractivity contribution in [3.05, 3.63) is 35.9 Å². The second-order valence-electron chi connectivity index (χ2n) is 4.81. The van der Waals surface area contributed by atoms with E-state index in [9.17, 15) is 0 Å². The molecule has 0 unspecified atom stereocenters. The van der Waals surface area contributed by atoms with Gasteiger partial charge in [0.1, 0.15) is 0 Å². The van der Waals surface area contributed by atoms with E-state index >= 15 is 0 Å². The molecule has 2 rings (SSSR count). The fourth-order valence-corrected chi connectivity index (χ4v) is 2.70. The Bertz CT molecular complexity index is 310. The maximum Gasteiger partial charge on any atom is 0.0236 e. The fourth-order valence-electron chi connectivity index (χ4n) is 2.70. The molecule has 0 aliphatic carbocycles. The zero-order valence-corrected chi connectivity index (χ0v) is 10.1. The van der Waals surface area contributed by atoms with Crippen molar-refractivity contribution in [2.45, 2.75) is 32.4 Å². The van der Waals surface area contributed by atoms with E-state index in [1.54, 1.807) is 0 Å². The van der Waals surface area contributed by atoms with Crippen molar-refractivity contribution in [3.63, 3.8) is 0 Å². The maximum absolute atomic E-state index is 5.78. The molecule has 0 spiro atoms. The van der Waals surface area contributed by atoms with Gasteiger partial charge in [-0.1, -0.05) is 37.3 Å². The van der Waals surface area contributed by atoms with Crippen LogP contribution < -0.4 is 5.73 Å². The van der Waals surface area contributed by atoms with E-state index in [1.165, 1.54) is 24.9 Å². The zero-order valence-electron chi connectivity index (χ0n) is 10.1. The van der Waals surface area contributed by atoms with Crippen LogP contribution in [0.4, 0.5) is 0 Å². The molecule has 88 valence electrons. The highest BCUT2D eigenvalue weighted by Gasteiger charge is 2.29. The largest absolute Gasteiger partial charge is 0.330 e. The van der Waals surface area contributed by atoms with Gasteiger partial charge in [0, 0.05) is 19.1 Å². The van der Waals surface area contributed by atoms with E-state index in [4.69, 9.17) is 5.73 Å². The number of benzene rings is 1. The lowest BCUT2D eigenvalue weighted by atomic mass is 10.0. The Morgan fingerprint density at radius 2 is 2.06 bits per heavy atom. The van der Waals surface area contributed by atoms with Crippen molar-refractivity contribution in [3.8, 4) is 0 Å². The topological polar surface area (TPSA) is 29.3 Å². The van der Waals surface area contributed by atoms with Gasteiger partial charge in [-0.05, 0) is 30.9 Å². The van der Waals surface area contributed by atoms with E-state index in [-0.39, 0.29) is 0 Å². The molecule has 1 aromatic carbocycles. The molecule has 2 N–H and O–H groups in total. The molecule has 0 saturated carbocycles. The van der Waals surface area contributed by atoms with Crippen LogP contribution in [0.15, 0.2) is 30.3 Å². The minimum atomic E-state index is 0.702. The predicted molar refractivity (Wildman–Crippen MR) is 68.1 cm³/mol. The number of nitrogens with two attached hydrogens (primary N) is 1. The first-order valence-electron chi connectivity index (χ1n) is 6.31. The Hall–Kier alpha value is -0.860. The summed E-state index contributed by atoms with van der Waals surface area (Å²) in [6.07, 6.45) is 2.52. The Balaban J connectivity index is 1.98. The molecule has 0 amide bonds. The molecule has 1 aliphatic rings. The summed E-state index contributed by atoms with van der Waals surface area (Å²) < 4.78 is 0. The minimum absolute atomic E-state index is 0.702. The first kappa shape index (κ1) is 11.6. The summed E-state index contributed by atoms with van der Waals surface area (Å²) in [4.78, 5) is 2.59. The highest BCUT2D eigenvalue weighted by molar-refractivity contribution is 5.14. The van der Waals surface area contributed by atoms with Gasteiger partial charge >= 0.3 is 0 Å². The number of hydrogen-bond donors (Lipinski definition) is 1. The fraction of sp³-hybridized carbons (Fsp3) is 0.571. The number of rotatable bonds is 4. The summed E-state index contributed by atoms with van der Waals surface area (Å²) in [5.41, 5.74) is 7.20. The standard InChI is InChI=1S/C14H22N2/c1-2-14-8-13(9-15)11-16(14)10-12-6-4-3-5-7-12/h3-7,13-14H,2,8-11,15H2,1H3/t13-,14+/m0/s1. The number of likely N-dealkylation sites (tertiary alicyclic amines) is 1. The van der Waals surface area contributed by atoms with Gasteiger partial charge in [-0.25, -0.2) is 0 Å². The van der Waals surface area contributed by atoms with Crippen molar-refractivity contribution >= 4 is 0 Å². The molecule has 2 nitrogen and oxygen atoms in total. The predicted octanol–water partition coefficient (Wildman–Crippen LogP) is 2.25. The van der Waals surface area contributed by atoms with E-state index in [0.717, 1.165) is 19.1 Å². The quantitative estimate of drug-likeness (QED) is 0.840. The third-order valence-electron chi connectivity index (χ3n) is 3.65. The van der Waals surface area contributed by atoms with Crippen LogP contribution in [0.2, 0.25) is 0 Å². The first-order valence-corrected chi connectivity index (χ1v) is 6.31. The van der Waals surface area contributed by atoms with Gasteiger partial charge in [-0.3, -0.25) is 4.90 Å². The van der Waals surface area contributed by atoms with Crippen LogP contribution in [0.5, 0.6) is 0 Å². The van der Waals surface area contributed by atoms with Gasteiger partial charge in [0.15, 0.2) is 0 Å². The SMILES string of the molecule is CC[C@@H]1C[C@@H](CN)CN1Cc1ccccc1. The van der Waals surface area contributed by atoms with Crippen LogP contribution in [0, 0.1) is 5.92 Å². The van der Waals surface area contributed by atoms with Crippen molar-refractivity contribution in [1.29, 1.82) is 0 Å². The van der Waals surface area contributed by atoms with Gasteiger partial charge in [0.25, 0.3) is 0 Å². The Morgan fingerprint density at radius 1 is 1.31 bits per heavy atom. The summed E-state index contributed by atoms with van der Waals surface area (Å²) >= 11 is 0. The third-order valence-corrected chi connectivity index (χ3v) is 3.65. The van der Waals surface area contributed by atoms with Crippen molar-refractivity contribution < 1.29 is 0 Å². The zero-order chi connectivity index (χ0) is 11.4. The second-order valence-corrected chi connectivity index (χ2v) is 4.81. The lowest BCUT2D eigenvalue weighted by Crippen LogP contribution is -2.28. The average Bonchev–Trinajstić information content (AvgIpc) is 2.73. The van der Waals surface area contributed by atoms with E-state index in [2.05, 4.69) is 42.2 Å². The Morgan fingerprint density at radius 3 is 2.69 bits per heavy atom. The summed E-state index contributed by atoms with van der Waals surface area (Å²) in [5.74, 6) is 0.702. The van der Waals surface area contributed by atoms with Gasteiger partial charge in [-0.2, -0.15) is 0 Å². The van der Waals surface area contributed by atoms with Crippen LogP contribution in [-0.2, 0) is 6.54 Å². The van der Waals surface area contributed by atoms with Gasteiger partial charge in [0.2, 0.25) is 0 Å². The molecule has 16 heavy (non-hydrogen) atoms. The van der Waals surface area contributed by atoms with Crippen molar-refractivity contribution in [2.24, 2.45) is 11.7 Å². The molecule has 0 bridgehead atoms. The smallest absolute Gasteiger partial charge is 0.0236 e.